The Balaban J connectivity index is 2.51. The first-order valence-corrected chi connectivity index (χ1v) is 5.18. The number of carbonyl (C=O) groups is 1. The van der Waals surface area contributed by atoms with E-state index in [2.05, 4.69) is 5.32 Å². The second-order valence-electron chi connectivity index (χ2n) is 3.10. The van der Waals surface area contributed by atoms with E-state index in [0.717, 1.165) is 24.2 Å². The third kappa shape index (κ3) is 3.38. The number of hydrogen-bond donors (Lipinski definition) is 1. The predicted octanol–water partition coefficient (Wildman–Crippen LogP) is 2.93. The minimum atomic E-state index is 0.0947. The second-order valence-corrected chi connectivity index (χ2v) is 3.48. The second kappa shape index (κ2) is 5.66. The van der Waals surface area contributed by atoms with Gasteiger partial charge in [-0.25, -0.2) is 0 Å². The molecule has 1 aromatic carbocycles. The molecule has 0 spiro atoms. The van der Waals surface area contributed by atoms with Crippen LogP contribution in [0.25, 0.3) is 0 Å². The summed E-state index contributed by atoms with van der Waals surface area (Å²) in [5.41, 5.74) is 1.77. The van der Waals surface area contributed by atoms with Gasteiger partial charge in [-0.3, -0.25) is 4.79 Å². The maximum absolute atomic E-state index is 11.0. The standard InChI is InChI=1S/C11H14ClNO/c1-9(14)10-3-5-11(6-4-10)13-8-2-7-12/h3-6,13H,2,7-8H2,1H3. The summed E-state index contributed by atoms with van der Waals surface area (Å²) in [4.78, 5) is 11.0. The lowest BCUT2D eigenvalue weighted by Crippen LogP contribution is -2.02. The van der Waals surface area contributed by atoms with E-state index in [1.54, 1.807) is 6.92 Å². The van der Waals surface area contributed by atoms with Gasteiger partial charge in [-0.05, 0) is 37.6 Å². The molecule has 0 aromatic heterocycles. The zero-order valence-corrected chi connectivity index (χ0v) is 8.97. The van der Waals surface area contributed by atoms with Crippen LogP contribution in [0.15, 0.2) is 24.3 Å². The van der Waals surface area contributed by atoms with Crippen LogP contribution >= 0.6 is 11.6 Å². The maximum atomic E-state index is 11.0. The van der Waals surface area contributed by atoms with Crippen molar-refractivity contribution in [3.63, 3.8) is 0 Å². The van der Waals surface area contributed by atoms with Crippen molar-refractivity contribution in [2.75, 3.05) is 17.7 Å². The van der Waals surface area contributed by atoms with Crippen molar-refractivity contribution in [2.45, 2.75) is 13.3 Å². The van der Waals surface area contributed by atoms with Gasteiger partial charge in [-0.1, -0.05) is 0 Å². The zero-order chi connectivity index (χ0) is 10.4. The summed E-state index contributed by atoms with van der Waals surface area (Å²) in [5, 5.41) is 3.22. The molecule has 0 fully saturated rings. The highest BCUT2D eigenvalue weighted by atomic mass is 35.5. The van der Waals surface area contributed by atoms with Crippen LogP contribution in [0.1, 0.15) is 23.7 Å². The van der Waals surface area contributed by atoms with Gasteiger partial charge in [0.2, 0.25) is 0 Å². The highest BCUT2D eigenvalue weighted by Gasteiger charge is 1.97. The Morgan fingerprint density at radius 3 is 2.50 bits per heavy atom. The fourth-order valence-corrected chi connectivity index (χ4v) is 1.26. The molecular weight excluding hydrogens is 198 g/mol. The van der Waals surface area contributed by atoms with Gasteiger partial charge in [0.1, 0.15) is 0 Å². The molecule has 0 atom stereocenters. The number of carbonyl (C=O) groups excluding carboxylic acids is 1. The molecule has 0 amide bonds. The van der Waals surface area contributed by atoms with Gasteiger partial charge in [0.15, 0.2) is 5.78 Å². The first-order valence-electron chi connectivity index (χ1n) is 4.65. The highest BCUT2D eigenvalue weighted by Crippen LogP contribution is 2.09. The SMILES string of the molecule is CC(=O)c1ccc(NCCCCl)cc1. The van der Waals surface area contributed by atoms with Crippen molar-refractivity contribution < 1.29 is 4.79 Å². The highest BCUT2D eigenvalue weighted by molar-refractivity contribution is 6.17. The van der Waals surface area contributed by atoms with Crippen LogP contribution in [-0.4, -0.2) is 18.2 Å². The third-order valence-electron chi connectivity index (χ3n) is 1.93. The molecule has 1 rings (SSSR count). The summed E-state index contributed by atoms with van der Waals surface area (Å²) in [6.45, 7) is 2.43. The predicted molar refractivity (Wildman–Crippen MR) is 60.3 cm³/mol. The molecule has 3 heteroatoms. The van der Waals surface area contributed by atoms with Crippen LogP contribution in [0, 0.1) is 0 Å². The molecule has 76 valence electrons. The molecule has 2 nitrogen and oxygen atoms in total. The molecule has 0 aliphatic carbocycles. The minimum absolute atomic E-state index is 0.0947. The molecule has 0 saturated carbocycles. The van der Waals surface area contributed by atoms with Crippen molar-refractivity contribution >= 4 is 23.1 Å². The van der Waals surface area contributed by atoms with Crippen molar-refractivity contribution in [3.8, 4) is 0 Å². The lowest BCUT2D eigenvalue weighted by Gasteiger charge is -2.04. The van der Waals surface area contributed by atoms with E-state index in [9.17, 15) is 4.79 Å². The summed E-state index contributed by atoms with van der Waals surface area (Å²) in [6.07, 6.45) is 0.940. The first-order chi connectivity index (χ1) is 6.74. The van der Waals surface area contributed by atoms with Crippen LogP contribution in [-0.2, 0) is 0 Å². The number of nitrogens with one attached hydrogen (secondary N) is 1. The Hall–Kier alpha value is -1.02. The molecule has 1 N–H and O–H groups in total. The lowest BCUT2D eigenvalue weighted by molar-refractivity contribution is 0.101. The molecule has 0 unspecified atom stereocenters. The van der Waals surface area contributed by atoms with E-state index in [1.807, 2.05) is 24.3 Å². The van der Waals surface area contributed by atoms with Crippen molar-refractivity contribution in [3.05, 3.63) is 29.8 Å². The summed E-state index contributed by atoms with van der Waals surface area (Å²) in [5.74, 6) is 0.760. The maximum Gasteiger partial charge on any atom is 0.159 e. The Morgan fingerprint density at radius 2 is 2.00 bits per heavy atom. The Bertz CT molecular complexity index is 295. The number of anilines is 1. The normalized spacial score (nSPS) is 9.86. The van der Waals surface area contributed by atoms with Crippen LogP contribution < -0.4 is 5.32 Å². The topological polar surface area (TPSA) is 29.1 Å². The Labute approximate surface area is 89.3 Å². The monoisotopic (exact) mass is 211 g/mol. The zero-order valence-electron chi connectivity index (χ0n) is 8.22. The summed E-state index contributed by atoms with van der Waals surface area (Å²) >= 11 is 5.55. The number of rotatable bonds is 5. The molecule has 1 aromatic rings. The van der Waals surface area contributed by atoms with E-state index in [4.69, 9.17) is 11.6 Å². The number of alkyl halides is 1. The molecule has 14 heavy (non-hydrogen) atoms. The average Bonchev–Trinajstić information content (AvgIpc) is 2.19. The van der Waals surface area contributed by atoms with Gasteiger partial charge in [0.05, 0.1) is 0 Å². The van der Waals surface area contributed by atoms with E-state index in [0.29, 0.717) is 5.88 Å². The van der Waals surface area contributed by atoms with Crippen LogP contribution in [0.5, 0.6) is 0 Å². The fraction of sp³-hybridized carbons (Fsp3) is 0.364. The number of ketones is 1. The van der Waals surface area contributed by atoms with Gasteiger partial charge < -0.3 is 5.32 Å². The van der Waals surface area contributed by atoms with Gasteiger partial charge in [0, 0.05) is 23.7 Å². The van der Waals surface area contributed by atoms with Gasteiger partial charge in [-0.2, -0.15) is 0 Å². The Morgan fingerprint density at radius 1 is 1.36 bits per heavy atom. The molecule has 0 radical (unpaired) electrons. The average molecular weight is 212 g/mol. The lowest BCUT2D eigenvalue weighted by atomic mass is 10.1. The Kier molecular flexibility index (Phi) is 4.47. The number of Topliss-reactive ketones (excluding diaryl/α,β-unsaturated/α-hetero) is 1. The van der Waals surface area contributed by atoms with Crippen LogP contribution in [0.3, 0.4) is 0 Å². The molecule has 0 aliphatic heterocycles. The van der Waals surface area contributed by atoms with Crippen LogP contribution in [0.4, 0.5) is 5.69 Å². The molecule has 0 aliphatic rings. The quantitative estimate of drug-likeness (QED) is 0.461. The van der Waals surface area contributed by atoms with Gasteiger partial charge >= 0.3 is 0 Å². The molecular formula is C11H14ClNO. The summed E-state index contributed by atoms with van der Waals surface area (Å²) in [7, 11) is 0. The molecule has 0 bridgehead atoms. The fourth-order valence-electron chi connectivity index (χ4n) is 1.12. The van der Waals surface area contributed by atoms with Crippen molar-refractivity contribution in [1.82, 2.24) is 0 Å². The first kappa shape index (κ1) is 11.1. The smallest absolute Gasteiger partial charge is 0.159 e. The molecule has 0 heterocycles. The van der Waals surface area contributed by atoms with E-state index in [1.165, 1.54) is 0 Å². The molecule has 0 saturated heterocycles. The number of benzene rings is 1. The van der Waals surface area contributed by atoms with E-state index >= 15 is 0 Å². The minimum Gasteiger partial charge on any atom is -0.385 e. The number of halogens is 1. The van der Waals surface area contributed by atoms with E-state index < -0.39 is 0 Å². The van der Waals surface area contributed by atoms with Crippen LogP contribution in [0.2, 0.25) is 0 Å². The third-order valence-corrected chi connectivity index (χ3v) is 2.20. The van der Waals surface area contributed by atoms with Gasteiger partial charge in [0.25, 0.3) is 0 Å². The summed E-state index contributed by atoms with van der Waals surface area (Å²) in [6, 6.07) is 7.46. The van der Waals surface area contributed by atoms with E-state index in [-0.39, 0.29) is 5.78 Å². The largest absolute Gasteiger partial charge is 0.385 e. The van der Waals surface area contributed by atoms with Crippen molar-refractivity contribution in [2.24, 2.45) is 0 Å². The van der Waals surface area contributed by atoms with Gasteiger partial charge in [-0.15, -0.1) is 11.6 Å². The number of hydrogen-bond acceptors (Lipinski definition) is 2. The summed E-state index contributed by atoms with van der Waals surface area (Å²) < 4.78 is 0. The van der Waals surface area contributed by atoms with Crippen molar-refractivity contribution in [1.29, 1.82) is 0 Å².